The summed E-state index contributed by atoms with van der Waals surface area (Å²) in [6.45, 7) is 2.77. The minimum absolute atomic E-state index is 0.136. The van der Waals surface area contributed by atoms with Crippen LogP contribution in [-0.4, -0.2) is 63.9 Å². The molecule has 0 unspecified atom stereocenters. The van der Waals surface area contributed by atoms with Crippen LogP contribution in [0.2, 0.25) is 0 Å². The molecule has 3 aromatic rings. The fraction of sp³-hybridized carbons (Fsp3) is 0.263. The van der Waals surface area contributed by atoms with E-state index in [1.165, 1.54) is 0 Å². The molecule has 0 radical (unpaired) electrons. The molecular formula is C19H19N7O3. The Morgan fingerprint density at radius 3 is 2.52 bits per heavy atom. The summed E-state index contributed by atoms with van der Waals surface area (Å²) >= 11 is 0. The first-order valence-electron chi connectivity index (χ1n) is 9.30. The molecular weight excluding hydrogens is 374 g/mol. The number of hydrogen-bond donors (Lipinski definition) is 1. The van der Waals surface area contributed by atoms with Crippen molar-refractivity contribution in [2.75, 3.05) is 43.2 Å². The summed E-state index contributed by atoms with van der Waals surface area (Å²) < 4.78 is 12.3. The van der Waals surface area contributed by atoms with E-state index >= 15 is 0 Å². The number of rotatable bonds is 3. The highest BCUT2D eigenvalue weighted by Gasteiger charge is 2.23. The predicted molar refractivity (Wildman–Crippen MR) is 105 cm³/mol. The molecule has 0 atom stereocenters. The number of nitrogens with zero attached hydrogens (tertiary/aromatic N) is 6. The van der Waals surface area contributed by atoms with Crippen molar-refractivity contribution in [1.82, 2.24) is 24.9 Å². The number of ether oxygens (including phenoxy) is 2. The lowest BCUT2D eigenvalue weighted by Gasteiger charge is -2.35. The van der Waals surface area contributed by atoms with Crippen molar-refractivity contribution in [2.45, 2.75) is 0 Å². The molecule has 4 heterocycles. The number of aromatic nitrogens is 4. The molecule has 10 heteroatoms. The van der Waals surface area contributed by atoms with Crippen LogP contribution < -0.4 is 19.7 Å². The minimum Gasteiger partial charge on any atom is -0.454 e. The third kappa shape index (κ3) is 3.51. The highest BCUT2D eigenvalue weighted by atomic mass is 16.7. The van der Waals surface area contributed by atoms with E-state index in [2.05, 4.69) is 25.5 Å². The first-order chi connectivity index (χ1) is 14.3. The number of nitrogens with one attached hydrogen (secondary N) is 1. The zero-order valence-corrected chi connectivity index (χ0v) is 15.6. The first kappa shape index (κ1) is 17.3. The molecule has 1 fully saturated rings. The van der Waals surface area contributed by atoms with Crippen molar-refractivity contribution >= 4 is 17.5 Å². The monoisotopic (exact) mass is 393 g/mol. The van der Waals surface area contributed by atoms with Gasteiger partial charge in [-0.1, -0.05) is 0 Å². The van der Waals surface area contributed by atoms with Crippen molar-refractivity contribution in [3.63, 3.8) is 0 Å². The van der Waals surface area contributed by atoms with Gasteiger partial charge in [-0.3, -0.25) is 0 Å². The summed E-state index contributed by atoms with van der Waals surface area (Å²) in [6.07, 6.45) is 3.52. The van der Waals surface area contributed by atoms with Crippen LogP contribution in [0.3, 0.4) is 0 Å². The highest BCUT2D eigenvalue weighted by molar-refractivity contribution is 5.90. The van der Waals surface area contributed by atoms with E-state index in [9.17, 15) is 4.79 Å². The van der Waals surface area contributed by atoms with Gasteiger partial charge < -0.3 is 24.6 Å². The summed E-state index contributed by atoms with van der Waals surface area (Å²) in [5.74, 6) is 2.79. The minimum atomic E-state index is -0.136. The van der Waals surface area contributed by atoms with Gasteiger partial charge in [0.15, 0.2) is 23.1 Å². The molecule has 29 heavy (non-hydrogen) atoms. The molecule has 1 aromatic carbocycles. The molecule has 0 saturated carbocycles. The van der Waals surface area contributed by atoms with Crippen LogP contribution >= 0.6 is 0 Å². The number of carbonyl (C=O) groups is 1. The van der Waals surface area contributed by atoms with Gasteiger partial charge in [0, 0.05) is 50.3 Å². The molecule has 2 aromatic heterocycles. The number of benzene rings is 1. The maximum absolute atomic E-state index is 12.6. The van der Waals surface area contributed by atoms with Crippen molar-refractivity contribution in [1.29, 1.82) is 0 Å². The van der Waals surface area contributed by atoms with Crippen LogP contribution in [0.4, 0.5) is 16.3 Å². The van der Waals surface area contributed by atoms with E-state index < -0.39 is 0 Å². The summed E-state index contributed by atoms with van der Waals surface area (Å²) in [5, 5.41) is 15.6. The Morgan fingerprint density at radius 2 is 1.76 bits per heavy atom. The Kier molecular flexibility index (Phi) is 4.35. The average molecular weight is 393 g/mol. The fourth-order valence-electron chi connectivity index (χ4n) is 3.33. The van der Waals surface area contributed by atoms with Gasteiger partial charge >= 0.3 is 6.03 Å². The van der Waals surface area contributed by atoms with Crippen LogP contribution in [0.25, 0.3) is 5.82 Å². The van der Waals surface area contributed by atoms with Crippen molar-refractivity contribution in [3.8, 4) is 17.3 Å². The molecule has 1 saturated heterocycles. The van der Waals surface area contributed by atoms with E-state index in [-0.39, 0.29) is 12.8 Å². The number of piperazine rings is 1. The first-order valence-corrected chi connectivity index (χ1v) is 9.30. The molecule has 0 spiro atoms. The molecule has 2 amide bonds. The predicted octanol–water partition coefficient (Wildman–Crippen LogP) is 1.75. The quantitative estimate of drug-likeness (QED) is 0.724. The standard InChI is InChI=1S/C19H19N7O3/c27-19(21-14-2-3-15-16(12-14)29-13-28-15)25-10-8-24(9-11-25)17-4-5-18(23-22-17)26-7-1-6-20-26/h1-7,12H,8-11,13H2,(H,21,27). The van der Waals surface area contributed by atoms with Crippen LogP contribution in [-0.2, 0) is 0 Å². The lowest BCUT2D eigenvalue weighted by Crippen LogP contribution is -2.50. The second kappa shape index (κ2) is 7.30. The molecule has 148 valence electrons. The van der Waals surface area contributed by atoms with Gasteiger partial charge in [-0.05, 0) is 30.3 Å². The van der Waals surface area contributed by atoms with E-state index in [1.807, 2.05) is 24.4 Å². The van der Waals surface area contributed by atoms with Gasteiger partial charge in [0.05, 0.1) is 0 Å². The van der Waals surface area contributed by atoms with Crippen molar-refractivity contribution in [2.24, 2.45) is 0 Å². The zero-order valence-electron chi connectivity index (χ0n) is 15.6. The number of urea groups is 1. The van der Waals surface area contributed by atoms with Gasteiger partial charge in [-0.15, -0.1) is 10.2 Å². The second-order valence-corrected chi connectivity index (χ2v) is 6.67. The van der Waals surface area contributed by atoms with Crippen LogP contribution in [0.5, 0.6) is 11.5 Å². The maximum atomic E-state index is 12.6. The highest BCUT2D eigenvalue weighted by Crippen LogP contribution is 2.34. The Morgan fingerprint density at radius 1 is 0.966 bits per heavy atom. The maximum Gasteiger partial charge on any atom is 0.321 e. The lowest BCUT2D eigenvalue weighted by molar-refractivity contribution is 0.174. The largest absolute Gasteiger partial charge is 0.454 e. The summed E-state index contributed by atoms with van der Waals surface area (Å²) in [4.78, 5) is 16.5. The summed E-state index contributed by atoms with van der Waals surface area (Å²) in [5.41, 5.74) is 0.682. The molecule has 2 aliphatic rings. The zero-order chi connectivity index (χ0) is 19.6. The smallest absolute Gasteiger partial charge is 0.321 e. The van der Waals surface area contributed by atoms with E-state index in [1.54, 1.807) is 34.0 Å². The second-order valence-electron chi connectivity index (χ2n) is 6.67. The third-order valence-corrected chi connectivity index (χ3v) is 4.89. The molecule has 10 nitrogen and oxygen atoms in total. The van der Waals surface area contributed by atoms with Gasteiger partial charge in [0.25, 0.3) is 0 Å². The normalized spacial score (nSPS) is 15.4. The van der Waals surface area contributed by atoms with E-state index in [0.29, 0.717) is 49.2 Å². The molecule has 0 aliphatic carbocycles. The third-order valence-electron chi connectivity index (χ3n) is 4.89. The van der Waals surface area contributed by atoms with Gasteiger partial charge in [0.1, 0.15) is 0 Å². The van der Waals surface area contributed by atoms with E-state index in [0.717, 1.165) is 5.82 Å². The summed E-state index contributed by atoms with van der Waals surface area (Å²) in [6, 6.07) is 10.9. The molecule has 2 aliphatic heterocycles. The van der Waals surface area contributed by atoms with Crippen LogP contribution in [0, 0.1) is 0 Å². The number of fused-ring (bicyclic) bond motifs is 1. The van der Waals surface area contributed by atoms with Crippen LogP contribution in [0.15, 0.2) is 48.8 Å². The Labute approximate surface area is 166 Å². The van der Waals surface area contributed by atoms with Crippen LogP contribution in [0.1, 0.15) is 0 Å². The topological polar surface area (TPSA) is 97.6 Å². The number of carbonyl (C=O) groups excluding carboxylic acids is 1. The van der Waals surface area contributed by atoms with Crippen molar-refractivity contribution < 1.29 is 14.3 Å². The SMILES string of the molecule is O=C(Nc1ccc2c(c1)OCO2)N1CCN(c2ccc(-n3cccn3)nn2)CC1. The lowest BCUT2D eigenvalue weighted by atomic mass is 10.2. The fourth-order valence-corrected chi connectivity index (χ4v) is 3.33. The summed E-state index contributed by atoms with van der Waals surface area (Å²) in [7, 11) is 0. The average Bonchev–Trinajstić information content (AvgIpc) is 3.46. The Hall–Kier alpha value is -3.82. The molecule has 1 N–H and O–H groups in total. The van der Waals surface area contributed by atoms with Gasteiger partial charge in [-0.25, -0.2) is 9.48 Å². The van der Waals surface area contributed by atoms with Gasteiger partial charge in [0.2, 0.25) is 6.79 Å². The number of hydrogen-bond acceptors (Lipinski definition) is 7. The molecule has 5 rings (SSSR count). The van der Waals surface area contributed by atoms with Gasteiger partial charge in [-0.2, -0.15) is 5.10 Å². The Bertz CT molecular complexity index is 999. The van der Waals surface area contributed by atoms with Crippen molar-refractivity contribution in [3.05, 3.63) is 48.8 Å². The number of amides is 2. The number of anilines is 2. The molecule has 0 bridgehead atoms. The Balaban J connectivity index is 1.17. The van der Waals surface area contributed by atoms with E-state index in [4.69, 9.17) is 9.47 Å².